The van der Waals surface area contributed by atoms with Crippen LogP contribution in [0, 0.1) is 0 Å². The molecule has 6 nitrogen and oxygen atoms in total. The Morgan fingerprint density at radius 3 is 2.16 bits per heavy atom. The second-order valence-electron chi connectivity index (χ2n) is 3.18. The Bertz CT molecular complexity index is 514. The number of carbonyl (C=O) groups excluding carboxylic acids is 2. The molecule has 0 saturated heterocycles. The van der Waals surface area contributed by atoms with Gasteiger partial charge in [-0.2, -0.15) is 0 Å². The van der Waals surface area contributed by atoms with Crippen LogP contribution >= 0.6 is 31.9 Å². The number of carboxylic acid groups (broad SMARTS) is 1. The number of carboxylic acids is 1. The predicted octanol–water partition coefficient (Wildman–Crippen LogP) is 1.99. The van der Waals surface area contributed by atoms with Crippen LogP contribution in [0.2, 0.25) is 0 Å². The highest BCUT2D eigenvalue weighted by molar-refractivity contribution is 9.09. The van der Waals surface area contributed by atoms with Gasteiger partial charge in [0, 0.05) is 6.07 Å². The minimum absolute atomic E-state index is 0.00972. The molecule has 0 atom stereocenters. The van der Waals surface area contributed by atoms with Gasteiger partial charge in [-0.1, -0.05) is 31.9 Å². The molecule has 0 heterocycles. The summed E-state index contributed by atoms with van der Waals surface area (Å²) >= 11 is 5.81. The molecular weight excluding hydrogens is 388 g/mol. The summed E-state index contributed by atoms with van der Waals surface area (Å²) in [6.07, 6.45) is 0. The highest BCUT2D eigenvalue weighted by Crippen LogP contribution is 2.25. The Morgan fingerprint density at radius 1 is 1.05 bits per heavy atom. The smallest absolute Gasteiger partial charge is 0.339 e. The monoisotopic (exact) mass is 394 g/mol. The van der Waals surface area contributed by atoms with E-state index in [2.05, 4.69) is 31.9 Å². The van der Waals surface area contributed by atoms with Gasteiger partial charge in [0.15, 0.2) is 0 Å². The largest absolute Gasteiger partial charge is 0.478 e. The topological polar surface area (TPSA) is 89.9 Å². The lowest BCUT2D eigenvalue weighted by molar-refractivity contribution is -0.131. The van der Waals surface area contributed by atoms with Crippen molar-refractivity contribution in [3.63, 3.8) is 0 Å². The molecule has 1 aromatic carbocycles. The molecule has 0 fully saturated rings. The number of benzene rings is 1. The van der Waals surface area contributed by atoms with Gasteiger partial charge in [-0.05, 0) is 12.1 Å². The van der Waals surface area contributed by atoms with Gasteiger partial charge >= 0.3 is 17.9 Å². The number of hydrogen-bond acceptors (Lipinski definition) is 5. The average molecular weight is 396 g/mol. The lowest BCUT2D eigenvalue weighted by Gasteiger charge is -2.08. The van der Waals surface area contributed by atoms with Crippen molar-refractivity contribution in [1.82, 2.24) is 0 Å². The van der Waals surface area contributed by atoms with Crippen molar-refractivity contribution in [3.8, 4) is 11.5 Å². The van der Waals surface area contributed by atoms with Crippen LogP contribution in [-0.4, -0.2) is 33.7 Å². The van der Waals surface area contributed by atoms with E-state index in [9.17, 15) is 14.4 Å². The van der Waals surface area contributed by atoms with Crippen molar-refractivity contribution < 1.29 is 29.0 Å². The van der Waals surface area contributed by atoms with Gasteiger partial charge in [-0.3, -0.25) is 9.59 Å². The summed E-state index contributed by atoms with van der Waals surface area (Å²) in [4.78, 5) is 33.2. The van der Waals surface area contributed by atoms with E-state index in [4.69, 9.17) is 14.6 Å². The maximum absolute atomic E-state index is 11.2. The summed E-state index contributed by atoms with van der Waals surface area (Å²) in [6.45, 7) is 0. The van der Waals surface area contributed by atoms with E-state index in [-0.39, 0.29) is 27.7 Å². The van der Waals surface area contributed by atoms with E-state index in [0.29, 0.717) is 0 Å². The SMILES string of the molecule is O=C(CBr)Oc1ccc(C(=O)O)c(OC(=O)CBr)c1. The van der Waals surface area contributed by atoms with Crippen LogP contribution in [0.1, 0.15) is 10.4 Å². The fourth-order valence-corrected chi connectivity index (χ4v) is 1.36. The van der Waals surface area contributed by atoms with Gasteiger partial charge < -0.3 is 14.6 Å². The van der Waals surface area contributed by atoms with Crippen LogP contribution in [0.15, 0.2) is 18.2 Å². The molecule has 0 aliphatic carbocycles. The van der Waals surface area contributed by atoms with E-state index in [1.807, 2.05) is 0 Å². The summed E-state index contributed by atoms with van der Waals surface area (Å²) in [5.74, 6) is -2.56. The molecule has 0 amide bonds. The number of ether oxygens (including phenoxy) is 2. The molecule has 0 aliphatic heterocycles. The molecule has 1 rings (SSSR count). The Kier molecular flexibility index (Phi) is 5.97. The van der Waals surface area contributed by atoms with E-state index in [1.54, 1.807) is 0 Å². The number of esters is 2. The van der Waals surface area contributed by atoms with E-state index < -0.39 is 17.9 Å². The van der Waals surface area contributed by atoms with Crippen LogP contribution < -0.4 is 9.47 Å². The normalized spacial score (nSPS) is 9.79. The van der Waals surface area contributed by atoms with Crippen LogP contribution in [0.3, 0.4) is 0 Å². The fourth-order valence-electron chi connectivity index (χ4n) is 1.14. The van der Waals surface area contributed by atoms with Crippen molar-refractivity contribution in [2.45, 2.75) is 0 Å². The van der Waals surface area contributed by atoms with Crippen LogP contribution in [0.4, 0.5) is 0 Å². The molecule has 0 aliphatic rings. The third-order valence-electron chi connectivity index (χ3n) is 1.86. The van der Waals surface area contributed by atoms with E-state index >= 15 is 0 Å². The lowest BCUT2D eigenvalue weighted by Crippen LogP contribution is -2.13. The Labute approximate surface area is 124 Å². The molecule has 102 valence electrons. The van der Waals surface area contributed by atoms with E-state index in [1.165, 1.54) is 18.2 Å². The van der Waals surface area contributed by atoms with Gasteiger partial charge in [0.2, 0.25) is 0 Å². The third kappa shape index (κ3) is 4.64. The number of halogens is 2. The first-order chi connectivity index (χ1) is 8.97. The van der Waals surface area contributed by atoms with Crippen LogP contribution in [0.5, 0.6) is 11.5 Å². The summed E-state index contributed by atoms with van der Waals surface area (Å²) in [5, 5.41) is 8.86. The van der Waals surface area contributed by atoms with Crippen molar-refractivity contribution in [1.29, 1.82) is 0 Å². The van der Waals surface area contributed by atoms with Crippen LogP contribution in [0.25, 0.3) is 0 Å². The Morgan fingerprint density at radius 2 is 1.63 bits per heavy atom. The summed E-state index contributed by atoms with van der Waals surface area (Å²) in [7, 11) is 0. The molecule has 0 radical (unpaired) electrons. The summed E-state index contributed by atoms with van der Waals surface area (Å²) < 4.78 is 9.71. The zero-order valence-electron chi connectivity index (χ0n) is 9.39. The zero-order valence-corrected chi connectivity index (χ0v) is 12.6. The van der Waals surface area contributed by atoms with Crippen LogP contribution in [-0.2, 0) is 9.59 Å². The summed E-state index contributed by atoms with van der Waals surface area (Å²) in [6, 6.07) is 3.66. The minimum atomic E-state index is -1.25. The first-order valence-electron chi connectivity index (χ1n) is 4.88. The van der Waals surface area contributed by atoms with Crippen molar-refractivity contribution >= 4 is 49.8 Å². The maximum atomic E-state index is 11.2. The highest BCUT2D eigenvalue weighted by atomic mass is 79.9. The number of carbonyl (C=O) groups is 3. The molecule has 0 spiro atoms. The number of rotatable bonds is 5. The quantitative estimate of drug-likeness (QED) is 0.465. The number of alkyl halides is 2. The molecule has 0 saturated carbocycles. The third-order valence-corrected chi connectivity index (χ3v) is 2.77. The lowest BCUT2D eigenvalue weighted by atomic mass is 10.2. The standard InChI is InChI=1S/C11H8Br2O6/c12-4-9(14)18-6-1-2-7(11(16)17)8(3-6)19-10(15)5-13/h1-3H,4-5H2,(H,16,17). The maximum Gasteiger partial charge on any atom is 0.339 e. The highest BCUT2D eigenvalue weighted by Gasteiger charge is 2.16. The molecule has 0 bridgehead atoms. The second kappa shape index (κ2) is 7.25. The van der Waals surface area contributed by atoms with Crippen molar-refractivity contribution in [3.05, 3.63) is 23.8 Å². The molecule has 0 unspecified atom stereocenters. The first kappa shape index (κ1) is 15.6. The summed E-state index contributed by atoms with van der Waals surface area (Å²) in [5.41, 5.74) is -0.201. The average Bonchev–Trinajstić information content (AvgIpc) is 2.38. The fraction of sp³-hybridized carbons (Fsp3) is 0.182. The Hall–Kier alpha value is -1.41. The number of aromatic carboxylic acids is 1. The predicted molar refractivity (Wildman–Crippen MR) is 72.3 cm³/mol. The number of hydrogen-bond donors (Lipinski definition) is 1. The van der Waals surface area contributed by atoms with Gasteiger partial charge in [0.25, 0.3) is 0 Å². The molecule has 1 N–H and O–H groups in total. The van der Waals surface area contributed by atoms with Gasteiger partial charge in [0.05, 0.1) is 0 Å². The second-order valence-corrected chi connectivity index (χ2v) is 4.30. The minimum Gasteiger partial charge on any atom is -0.478 e. The molecule has 8 heteroatoms. The van der Waals surface area contributed by atoms with E-state index in [0.717, 1.165) is 0 Å². The van der Waals surface area contributed by atoms with Crippen molar-refractivity contribution in [2.24, 2.45) is 0 Å². The Balaban J connectivity index is 3.07. The van der Waals surface area contributed by atoms with Gasteiger partial charge in [-0.25, -0.2) is 4.79 Å². The molecule has 19 heavy (non-hydrogen) atoms. The molecular formula is C11H8Br2O6. The molecule has 1 aromatic rings. The first-order valence-corrected chi connectivity index (χ1v) is 7.13. The zero-order chi connectivity index (χ0) is 14.4. The van der Waals surface area contributed by atoms with Gasteiger partial charge in [-0.15, -0.1) is 0 Å². The molecule has 0 aromatic heterocycles. The van der Waals surface area contributed by atoms with Gasteiger partial charge in [0.1, 0.15) is 27.7 Å². The van der Waals surface area contributed by atoms with Crippen molar-refractivity contribution in [2.75, 3.05) is 10.7 Å².